The van der Waals surface area contributed by atoms with Gasteiger partial charge in [0.1, 0.15) is 16.4 Å². The lowest BCUT2D eigenvalue weighted by Crippen LogP contribution is -2.43. The third kappa shape index (κ3) is 5.36. The Hall–Kier alpha value is -2.29. The maximum atomic E-state index is 13.2. The van der Waals surface area contributed by atoms with Crippen LogP contribution in [0.5, 0.6) is 11.5 Å². The lowest BCUT2D eigenvalue weighted by atomic mass is 9.96. The maximum Gasteiger partial charge on any atom is 0.246 e. The molecule has 0 aliphatic carbocycles. The molecule has 2 aromatic rings. The maximum absolute atomic E-state index is 13.2. The van der Waals surface area contributed by atoms with Crippen molar-refractivity contribution >= 4 is 27.5 Å². The van der Waals surface area contributed by atoms with E-state index in [1.807, 2.05) is 31.2 Å². The summed E-state index contributed by atoms with van der Waals surface area (Å²) < 4.78 is 38.7. The Labute approximate surface area is 194 Å². The highest BCUT2D eigenvalue weighted by molar-refractivity contribution is 7.89. The van der Waals surface area contributed by atoms with Crippen LogP contribution >= 0.6 is 11.6 Å². The second kappa shape index (κ2) is 10.6. The van der Waals surface area contributed by atoms with Gasteiger partial charge in [-0.25, -0.2) is 8.42 Å². The number of rotatable bonds is 8. The number of nitrogens with one attached hydrogen (secondary N) is 1. The van der Waals surface area contributed by atoms with Gasteiger partial charge in [-0.3, -0.25) is 4.79 Å². The Morgan fingerprint density at radius 3 is 2.53 bits per heavy atom. The molecule has 174 valence electrons. The molecule has 0 unspecified atom stereocenters. The van der Waals surface area contributed by atoms with Gasteiger partial charge in [0, 0.05) is 29.6 Å². The van der Waals surface area contributed by atoms with Gasteiger partial charge in [0.25, 0.3) is 0 Å². The van der Waals surface area contributed by atoms with Crippen LogP contribution in [0.3, 0.4) is 0 Å². The van der Waals surface area contributed by atoms with E-state index in [9.17, 15) is 13.2 Å². The van der Waals surface area contributed by atoms with Crippen LogP contribution in [0.1, 0.15) is 38.3 Å². The molecule has 1 aliphatic rings. The summed E-state index contributed by atoms with van der Waals surface area (Å²) in [6, 6.07) is 11.9. The third-order valence-electron chi connectivity index (χ3n) is 5.61. The van der Waals surface area contributed by atoms with E-state index in [0.29, 0.717) is 30.2 Å². The third-order valence-corrected chi connectivity index (χ3v) is 7.77. The minimum Gasteiger partial charge on any atom is -0.496 e. The molecule has 0 bridgehead atoms. The predicted molar refractivity (Wildman–Crippen MR) is 124 cm³/mol. The quantitative estimate of drug-likeness (QED) is 0.616. The van der Waals surface area contributed by atoms with E-state index >= 15 is 0 Å². The highest BCUT2D eigenvalue weighted by Crippen LogP contribution is 2.32. The number of carbonyl (C=O) groups is 1. The highest BCUT2D eigenvalue weighted by atomic mass is 35.5. The molecule has 1 amide bonds. The molecule has 2 aromatic carbocycles. The molecule has 0 radical (unpaired) electrons. The average molecular weight is 481 g/mol. The van der Waals surface area contributed by atoms with Crippen molar-refractivity contribution in [2.45, 2.75) is 37.6 Å². The van der Waals surface area contributed by atoms with Gasteiger partial charge in [0.15, 0.2) is 0 Å². The molecule has 9 heteroatoms. The number of amides is 1. The molecule has 1 atom stereocenters. The van der Waals surface area contributed by atoms with Crippen LogP contribution in [0, 0.1) is 5.92 Å². The summed E-state index contributed by atoms with van der Waals surface area (Å²) in [5, 5.41) is 3.36. The minimum atomic E-state index is -3.79. The number of benzene rings is 2. The van der Waals surface area contributed by atoms with Crippen molar-refractivity contribution in [3.63, 3.8) is 0 Å². The zero-order valence-electron chi connectivity index (χ0n) is 18.5. The van der Waals surface area contributed by atoms with Gasteiger partial charge in [-0.05, 0) is 51.0 Å². The molecular weight excluding hydrogens is 452 g/mol. The summed E-state index contributed by atoms with van der Waals surface area (Å²) in [6.45, 7) is 4.55. The van der Waals surface area contributed by atoms with Crippen molar-refractivity contribution in [1.82, 2.24) is 9.62 Å². The number of nitrogens with zero attached hydrogens (tertiary/aromatic N) is 1. The first-order valence-electron chi connectivity index (χ1n) is 10.6. The summed E-state index contributed by atoms with van der Waals surface area (Å²) in [5.41, 5.74) is 0.896. The number of piperidine rings is 1. The van der Waals surface area contributed by atoms with Gasteiger partial charge in [0.05, 0.1) is 19.8 Å². The smallest absolute Gasteiger partial charge is 0.246 e. The Morgan fingerprint density at radius 1 is 1.19 bits per heavy atom. The molecule has 0 spiro atoms. The molecule has 1 N–H and O–H groups in total. The Balaban J connectivity index is 1.66. The molecular formula is C23H29ClN2O5S. The Bertz CT molecular complexity index is 1050. The van der Waals surface area contributed by atoms with Crippen molar-refractivity contribution in [3.05, 3.63) is 53.1 Å². The van der Waals surface area contributed by atoms with Crippen LogP contribution in [0.4, 0.5) is 0 Å². The van der Waals surface area contributed by atoms with E-state index in [1.54, 1.807) is 26.2 Å². The van der Waals surface area contributed by atoms with E-state index in [4.69, 9.17) is 21.1 Å². The zero-order chi connectivity index (χ0) is 23.3. The molecule has 1 heterocycles. The molecule has 0 saturated carbocycles. The SMILES string of the molecule is CCOc1ccc(Cl)cc1S(=O)(=O)N1CCC(C(=O)N[C@@H](C)c2ccccc2OC)CC1. The van der Waals surface area contributed by atoms with E-state index in [2.05, 4.69) is 5.32 Å². The molecule has 0 aromatic heterocycles. The standard InChI is InChI=1S/C23H29ClN2O5S/c1-4-31-21-10-9-18(24)15-22(21)32(28,29)26-13-11-17(12-14-26)23(27)25-16(2)19-7-5-6-8-20(19)30-3/h5-10,15-17H,4,11-14H2,1-3H3,(H,25,27)/t16-/m0/s1. The van der Waals surface area contributed by atoms with Crippen LogP contribution in [0.2, 0.25) is 5.02 Å². The fourth-order valence-electron chi connectivity index (χ4n) is 3.89. The van der Waals surface area contributed by atoms with E-state index in [0.717, 1.165) is 5.56 Å². The first kappa shape index (κ1) is 24.4. The van der Waals surface area contributed by atoms with Crippen molar-refractivity contribution < 1.29 is 22.7 Å². The van der Waals surface area contributed by atoms with E-state index < -0.39 is 10.0 Å². The summed E-state index contributed by atoms with van der Waals surface area (Å²) in [7, 11) is -2.19. The summed E-state index contributed by atoms with van der Waals surface area (Å²) in [4.78, 5) is 12.9. The van der Waals surface area contributed by atoms with Gasteiger partial charge in [-0.2, -0.15) is 4.31 Å². The number of hydrogen-bond acceptors (Lipinski definition) is 5. The van der Waals surface area contributed by atoms with Gasteiger partial charge >= 0.3 is 0 Å². The number of sulfonamides is 1. The van der Waals surface area contributed by atoms with Crippen LogP contribution in [-0.4, -0.2) is 45.4 Å². The fraction of sp³-hybridized carbons (Fsp3) is 0.435. The second-order valence-electron chi connectivity index (χ2n) is 7.67. The molecule has 1 fully saturated rings. The Morgan fingerprint density at radius 2 is 1.88 bits per heavy atom. The van der Waals surface area contributed by atoms with E-state index in [-0.39, 0.29) is 41.6 Å². The zero-order valence-corrected chi connectivity index (χ0v) is 20.1. The number of methoxy groups -OCH3 is 1. The van der Waals surface area contributed by atoms with Crippen molar-refractivity contribution in [2.75, 3.05) is 26.8 Å². The lowest BCUT2D eigenvalue weighted by molar-refractivity contribution is -0.126. The summed E-state index contributed by atoms with van der Waals surface area (Å²) in [5.74, 6) is 0.651. The molecule has 32 heavy (non-hydrogen) atoms. The number of hydrogen-bond donors (Lipinski definition) is 1. The fourth-order valence-corrected chi connectivity index (χ4v) is 5.75. The summed E-state index contributed by atoms with van der Waals surface area (Å²) >= 11 is 6.05. The van der Waals surface area contributed by atoms with Crippen LogP contribution in [-0.2, 0) is 14.8 Å². The predicted octanol–water partition coefficient (Wildman–Crippen LogP) is 4.03. The van der Waals surface area contributed by atoms with E-state index in [1.165, 1.54) is 10.4 Å². The first-order chi connectivity index (χ1) is 15.3. The summed E-state index contributed by atoms with van der Waals surface area (Å²) in [6.07, 6.45) is 0.877. The molecule has 3 rings (SSSR count). The van der Waals surface area contributed by atoms with Crippen LogP contribution in [0.25, 0.3) is 0 Å². The average Bonchev–Trinajstić information content (AvgIpc) is 2.80. The number of para-hydroxylation sites is 1. The van der Waals surface area contributed by atoms with Gasteiger partial charge in [-0.1, -0.05) is 29.8 Å². The van der Waals surface area contributed by atoms with Gasteiger partial charge in [0.2, 0.25) is 15.9 Å². The van der Waals surface area contributed by atoms with Crippen molar-refractivity contribution in [1.29, 1.82) is 0 Å². The second-order valence-corrected chi connectivity index (χ2v) is 10.0. The molecule has 1 saturated heterocycles. The molecule has 7 nitrogen and oxygen atoms in total. The van der Waals surface area contributed by atoms with Gasteiger partial charge in [-0.15, -0.1) is 0 Å². The number of halogens is 1. The Kier molecular flexibility index (Phi) is 8.03. The van der Waals surface area contributed by atoms with Crippen LogP contribution in [0.15, 0.2) is 47.4 Å². The number of carbonyl (C=O) groups excluding carboxylic acids is 1. The highest BCUT2D eigenvalue weighted by Gasteiger charge is 2.34. The van der Waals surface area contributed by atoms with Gasteiger partial charge < -0.3 is 14.8 Å². The topological polar surface area (TPSA) is 84.9 Å². The normalized spacial score (nSPS) is 16.4. The van der Waals surface area contributed by atoms with Crippen molar-refractivity contribution in [3.8, 4) is 11.5 Å². The lowest BCUT2D eigenvalue weighted by Gasteiger charge is -2.31. The molecule has 1 aliphatic heterocycles. The number of ether oxygens (including phenoxy) is 2. The largest absolute Gasteiger partial charge is 0.496 e. The monoisotopic (exact) mass is 480 g/mol. The first-order valence-corrected chi connectivity index (χ1v) is 12.5. The van der Waals surface area contributed by atoms with Crippen molar-refractivity contribution in [2.24, 2.45) is 5.92 Å². The van der Waals surface area contributed by atoms with Crippen LogP contribution < -0.4 is 14.8 Å². The minimum absolute atomic E-state index is 0.0551.